The lowest BCUT2D eigenvalue weighted by atomic mass is 10.3. The normalized spacial score (nSPS) is 11.9. The fraction of sp³-hybridized carbons (Fsp3) is 0. The second-order valence-corrected chi connectivity index (χ2v) is 6.72. The molecule has 8 nitrogen and oxygen atoms in total. The summed E-state index contributed by atoms with van der Waals surface area (Å²) in [5.41, 5.74) is 7.09. The maximum Gasteiger partial charge on any atom is 0.240 e. The molecule has 0 aliphatic carbocycles. The number of sulfonamides is 1. The number of nitrogens with one attached hydrogen (secondary N) is 1. The molecule has 21 heavy (non-hydrogen) atoms. The zero-order chi connectivity index (χ0) is 15.0. The molecule has 3 aromatic rings. The summed E-state index contributed by atoms with van der Waals surface area (Å²) >= 11 is 1.32. The average Bonchev–Trinajstić information content (AvgIpc) is 2.86. The van der Waals surface area contributed by atoms with Crippen LogP contribution in [0.1, 0.15) is 0 Å². The van der Waals surface area contributed by atoms with Crippen molar-refractivity contribution in [3.05, 3.63) is 30.9 Å². The van der Waals surface area contributed by atoms with Gasteiger partial charge in [0.15, 0.2) is 5.65 Å². The third-order valence-electron chi connectivity index (χ3n) is 2.69. The van der Waals surface area contributed by atoms with Crippen LogP contribution in [-0.4, -0.2) is 28.4 Å². The number of nitrogens with two attached hydrogens (primary N) is 2. The molecule has 2 heterocycles. The molecule has 0 spiro atoms. The van der Waals surface area contributed by atoms with Crippen LogP contribution in [0.5, 0.6) is 0 Å². The molecule has 0 bridgehead atoms. The number of anilines is 1. The van der Waals surface area contributed by atoms with E-state index in [2.05, 4.69) is 19.9 Å². The second-order valence-electron chi connectivity index (χ2n) is 4.13. The van der Waals surface area contributed by atoms with Crippen molar-refractivity contribution in [1.82, 2.24) is 19.9 Å². The van der Waals surface area contributed by atoms with Gasteiger partial charge in [0.2, 0.25) is 10.0 Å². The van der Waals surface area contributed by atoms with Gasteiger partial charge in [0.1, 0.15) is 21.8 Å². The van der Waals surface area contributed by atoms with Gasteiger partial charge in [-0.25, -0.2) is 28.5 Å². The third kappa shape index (κ3) is 2.68. The van der Waals surface area contributed by atoms with Gasteiger partial charge in [0.05, 0.1) is 12.0 Å². The molecule has 10 heteroatoms. The molecule has 3 rings (SSSR count). The Morgan fingerprint density at radius 2 is 2.00 bits per heavy atom. The Bertz CT molecular complexity index is 921. The van der Waals surface area contributed by atoms with Crippen molar-refractivity contribution in [2.75, 3.05) is 5.73 Å². The highest BCUT2D eigenvalue weighted by Gasteiger charge is 2.14. The largest absolute Gasteiger partial charge is 0.398 e. The Morgan fingerprint density at radius 3 is 2.71 bits per heavy atom. The van der Waals surface area contributed by atoms with Crippen LogP contribution in [0, 0.1) is 0 Å². The number of H-pyrrole nitrogens is 1. The molecule has 0 amide bonds. The minimum Gasteiger partial charge on any atom is -0.398 e. The fourth-order valence-electron chi connectivity index (χ4n) is 1.78. The van der Waals surface area contributed by atoms with E-state index in [4.69, 9.17) is 10.9 Å². The first-order chi connectivity index (χ1) is 9.95. The van der Waals surface area contributed by atoms with Crippen LogP contribution in [0.3, 0.4) is 0 Å². The zero-order valence-corrected chi connectivity index (χ0v) is 12.1. The first-order valence-electron chi connectivity index (χ1n) is 5.69. The smallest absolute Gasteiger partial charge is 0.240 e. The summed E-state index contributed by atoms with van der Waals surface area (Å²) in [4.78, 5) is 15.8. The minimum absolute atomic E-state index is 0.0948. The Kier molecular flexibility index (Phi) is 3.27. The third-order valence-corrected chi connectivity index (χ3v) is 4.67. The number of imidazole rings is 1. The van der Waals surface area contributed by atoms with Crippen LogP contribution in [0.2, 0.25) is 0 Å². The summed E-state index contributed by atoms with van der Waals surface area (Å²) in [6, 6.07) is 4.53. The molecular weight excluding hydrogens is 312 g/mol. The van der Waals surface area contributed by atoms with Gasteiger partial charge in [-0.05, 0) is 18.2 Å². The minimum atomic E-state index is -3.82. The van der Waals surface area contributed by atoms with Crippen LogP contribution in [0.25, 0.3) is 11.2 Å². The zero-order valence-electron chi connectivity index (χ0n) is 10.5. The van der Waals surface area contributed by atoms with Crippen LogP contribution < -0.4 is 10.9 Å². The SMILES string of the molecule is Nc1cc(Sc2ncnc3nc[nH]c23)ccc1S(N)(=O)=O. The Morgan fingerprint density at radius 1 is 1.19 bits per heavy atom. The van der Waals surface area contributed by atoms with Crippen molar-refractivity contribution in [2.45, 2.75) is 14.8 Å². The van der Waals surface area contributed by atoms with Gasteiger partial charge in [0, 0.05) is 4.90 Å². The number of nitrogen functional groups attached to an aromatic ring is 1. The van der Waals surface area contributed by atoms with Gasteiger partial charge < -0.3 is 10.7 Å². The highest BCUT2D eigenvalue weighted by molar-refractivity contribution is 7.99. The van der Waals surface area contributed by atoms with E-state index in [0.29, 0.717) is 16.2 Å². The summed E-state index contributed by atoms with van der Waals surface area (Å²) in [5.74, 6) is 0. The van der Waals surface area contributed by atoms with Crippen molar-refractivity contribution in [1.29, 1.82) is 0 Å². The summed E-state index contributed by atoms with van der Waals surface area (Å²) < 4.78 is 22.6. The monoisotopic (exact) mass is 322 g/mol. The number of primary sulfonamides is 1. The number of aromatic nitrogens is 4. The van der Waals surface area contributed by atoms with Crippen molar-refractivity contribution in [3.8, 4) is 0 Å². The first kappa shape index (κ1) is 13.8. The first-order valence-corrected chi connectivity index (χ1v) is 8.06. The predicted octanol–water partition coefficient (Wildman–Crippen LogP) is 0.734. The summed E-state index contributed by atoms with van der Waals surface area (Å²) in [6.07, 6.45) is 2.94. The predicted molar refractivity (Wildman–Crippen MR) is 78.0 cm³/mol. The molecule has 0 radical (unpaired) electrons. The van der Waals surface area contributed by atoms with Crippen molar-refractivity contribution >= 4 is 38.6 Å². The molecule has 0 saturated carbocycles. The van der Waals surface area contributed by atoms with E-state index >= 15 is 0 Å². The lowest BCUT2D eigenvalue weighted by Gasteiger charge is -2.06. The van der Waals surface area contributed by atoms with E-state index in [-0.39, 0.29) is 10.6 Å². The van der Waals surface area contributed by atoms with Crippen molar-refractivity contribution < 1.29 is 8.42 Å². The molecule has 0 unspecified atom stereocenters. The van der Waals surface area contributed by atoms with E-state index < -0.39 is 10.0 Å². The molecular formula is C11H10N6O2S2. The highest BCUT2D eigenvalue weighted by atomic mass is 32.2. The Balaban J connectivity index is 1.99. The highest BCUT2D eigenvalue weighted by Crippen LogP contribution is 2.32. The molecule has 1 aromatic carbocycles. The molecule has 0 atom stereocenters. The van der Waals surface area contributed by atoms with Crippen molar-refractivity contribution in [2.24, 2.45) is 5.14 Å². The van der Waals surface area contributed by atoms with Gasteiger partial charge in [-0.3, -0.25) is 0 Å². The molecule has 108 valence electrons. The quantitative estimate of drug-likeness (QED) is 0.477. The molecule has 5 N–H and O–H groups in total. The summed E-state index contributed by atoms with van der Waals surface area (Å²) in [7, 11) is -3.82. The van der Waals surface area contributed by atoms with E-state index in [1.165, 1.54) is 36.5 Å². The fourth-order valence-corrected chi connectivity index (χ4v) is 3.32. The number of fused-ring (bicyclic) bond motifs is 1. The summed E-state index contributed by atoms with van der Waals surface area (Å²) in [6.45, 7) is 0. The number of nitrogens with zero attached hydrogens (tertiary/aromatic N) is 3. The van der Waals surface area contributed by atoms with E-state index in [1.54, 1.807) is 6.07 Å². The molecule has 0 fully saturated rings. The maximum absolute atomic E-state index is 11.3. The van der Waals surface area contributed by atoms with Gasteiger partial charge in [-0.1, -0.05) is 11.8 Å². The van der Waals surface area contributed by atoms with Gasteiger partial charge in [-0.2, -0.15) is 0 Å². The number of rotatable bonds is 3. The second kappa shape index (κ2) is 4.98. The topological polar surface area (TPSA) is 141 Å². The maximum atomic E-state index is 11.3. The van der Waals surface area contributed by atoms with Crippen LogP contribution in [0.4, 0.5) is 5.69 Å². The average molecular weight is 322 g/mol. The van der Waals surface area contributed by atoms with Crippen LogP contribution in [0.15, 0.2) is 45.7 Å². The number of hydrogen-bond acceptors (Lipinski definition) is 7. The summed E-state index contributed by atoms with van der Waals surface area (Å²) in [5, 5.41) is 5.74. The van der Waals surface area contributed by atoms with E-state index in [1.807, 2.05) is 0 Å². The lowest BCUT2D eigenvalue weighted by molar-refractivity contribution is 0.598. The van der Waals surface area contributed by atoms with Gasteiger partial charge in [-0.15, -0.1) is 0 Å². The van der Waals surface area contributed by atoms with Gasteiger partial charge in [0.25, 0.3) is 0 Å². The van der Waals surface area contributed by atoms with Crippen molar-refractivity contribution in [3.63, 3.8) is 0 Å². The lowest BCUT2D eigenvalue weighted by Crippen LogP contribution is -2.14. The Labute approximate surface area is 124 Å². The van der Waals surface area contributed by atoms with E-state index in [0.717, 1.165) is 4.90 Å². The number of benzene rings is 1. The standard InChI is InChI=1S/C11H10N6O2S2/c12-7-3-6(1-2-8(7)21(13,18)19)20-11-9-10(15-4-14-9)16-5-17-11/h1-5H,12H2,(H2,13,18,19)(H,14,15,16,17). The molecule has 0 saturated heterocycles. The van der Waals surface area contributed by atoms with E-state index in [9.17, 15) is 8.42 Å². The Hall–Kier alpha value is -2.17. The van der Waals surface area contributed by atoms with Crippen LogP contribution in [-0.2, 0) is 10.0 Å². The molecule has 0 aliphatic heterocycles. The van der Waals surface area contributed by atoms with Gasteiger partial charge >= 0.3 is 0 Å². The molecule has 2 aromatic heterocycles. The molecule has 0 aliphatic rings. The number of aromatic amines is 1. The number of hydrogen-bond donors (Lipinski definition) is 3. The van der Waals surface area contributed by atoms with Crippen LogP contribution >= 0.6 is 11.8 Å².